The molecule has 0 N–H and O–H groups in total. The number of aryl methyl sites for hydroxylation is 3. The number of carbonyl (C=O) groups excluding carboxylic acids is 1. The molecule has 5 heteroatoms. The number of pyridine rings is 1. The van der Waals surface area contributed by atoms with Gasteiger partial charge in [0, 0.05) is 25.2 Å². The third-order valence-electron chi connectivity index (χ3n) is 5.91. The molecule has 146 valence electrons. The SMILES string of the molecule is CC[C@H]1CCCCN1C(=O)c1cc(-c2ccc(C)cc2)nc2c1c(C)nn2C. The van der Waals surface area contributed by atoms with E-state index in [-0.39, 0.29) is 5.91 Å². The van der Waals surface area contributed by atoms with E-state index in [9.17, 15) is 4.79 Å². The number of amides is 1. The van der Waals surface area contributed by atoms with Crippen LogP contribution < -0.4 is 0 Å². The number of hydrogen-bond acceptors (Lipinski definition) is 3. The minimum Gasteiger partial charge on any atom is -0.336 e. The number of carbonyl (C=O) groups is 1. The van der Waals surface area contributed by atoms with Crippen molar-refractivity contribution in [2.24, 2.45) is 7.05 Å². The fourth-order valence-electron chi connectivity index (χ4n) is 4.33. The maximum Gasteiger partial charge on any atom is 0.254 e. The Kier molecular flexibility index (Phi) is 4.92. The molecule has 0 spiro atoms. The van der Waals surface area contributed by atoms with Crippen LogP contribution in [-0.4, -0.2) is 38.2 Å². The van der Waals surface area contributed by atoms with Crippen molar-refractivity contribution >= 4 is 16.9 Å². The molecule has 1 fully saturated rings. The predicted octanol–water partition coefficient (Wildman–Crippen LogP) is 4.66. The minimum atomic E-state index is 0.114. The number of piperidine rings is 1. The van der Waals surface area contributed by atoms with Crippen LogP contribution in [0.15, 0.2) is 30.3 Å². The van der Waals surface area contributed by atoms with Crippen LogP contribution in [0.5, 0.6) is 0 Å². The molecule has 5 nitrogen and oxygen atoms in total. The van der Waals surface area contributed by atoms with Crippen molar-refractivity contribution in [2.75, 3.05) is 6.54 Å². The van der Waals surface area contributed by atoms with E-state index in [2.05, 4.69) is 48.1 Å². The number of fused-ring (bicyclic) bond motifs is 1. The zero-order chi connectivity index (χ0) is 19.8. The van der Waals surface area contributed by atoms with Gasteiger partial charge in [0.2, 0.25) is 0 Å². The number of hydrogen-bond donors (Lipinski definition) is 0. The van der Waals surface area contributed by atoms with Gasteiger partial charge in [-0.1, -0.05) is 36.8 Å². The van der Waals surface area contributed by atoms with Crippen LogP contribution in [0.2, 0.25) is 0 Å². The Morgan fingerprint density at radius 2 is 1.93 bits per heavy atom. The van der Waals surface area contributed by atoms with Crippen LogP contribution in [0.3, 0.4) is 0 Å². The van der Waals surface area contributed by atoms with Crippen molar-refractivity contribution in [2.45, 2.75) is 52.5 Å². The molecule has 1 aliphatic heterocycles. The summed E-state index contributed by atoms with van der Waals surface area (Å²) in [4.78, 5) is 20.6. The van der Waals surface area contributed by atoms with E-state index in [0.717, 1.165) is 59.4 Å². The first-order valence-corrected chi connectivity index (χ1v) is 10.2. The smallest absolute Gasteiger partial charge is 0.254 e. The van der Waals surface area contributed by atoms with Crippen LogP contribution in [0, 0.1) is 13.8 Å². The highest BCUT2D eigenvalue weighted by atomic mass is 16.2. The van der Waals surface area contributed by atoms with Gasteiger partial charge < -0.3 is 4.90 Å². The van der Waals surface area contributed by atoms with Crippen LogP contribution in [-0.2, 0) is 7.05 Å². The lowest BCUT2D eigenvalue weighted by atomic mass is 9.97. The summed E-state index contributed by atoms with van der Waals surface area (Å²) < 4.78 is 1.78. The van der Waals surface area contributed by atoms with Crippen LogP contribution in [0.25, 0.3) is 22.3 Å². The molecule has 1 aromatic carbocycles. The molecule has 1 amide bonds. The lowest BCUT2D eigenvalue weighted by Crippen LogP contribution is -2.43. The molecule has 1 saturated heterocycles. The van der Waals surface area contributed by atoms with E-state index in [1.165, 1.54) is 12.0 Å². The third kappa shape index (κ3) is 3.19. The molecule has 0 bridgehead atoms. The molecule has 0 aliphatic carbocycles. The molecule has 2 aromatic heterocycles. The monoisotopic (exact) mass is 376 g/mol. The highest BCUT2D eigenvalue weighted by Gasteiger charge is 2.29. The van der Waals surface area contributed by atoms with Crippen molar-refractivity contribution in [1.82, 2.24) is 19.7 Å². The van der Waals surface area contributed by atoms with Crippen molar-refractivity contribution in [3.05, 3.63) is 47.2 Å². The Balaban J connectivity index is 1.88. The molecular weight excluding hydrogens is 348 g/mol. The lowest BCUT2D eigenvalue weighted by Gasteiger charge is -2.35. The van der Waals surface area contributed by atoms with Crippen molar-refractivity contribution in [3.63, 3.8) is 0 Å². The van der Waals surface area contributed by atoms with Gasteiger partial charge in [-0.3, -0.25) is 9.48 Å². The van der Waals surface area contributed by atoms with Gasteiger partial charge in [-0.15, -0.1) is 0 Å². The molecule has 28 heavy (non-hydrogen) atoms. The second kappa shape index (κ2) is 7.38. The van der Waals surface area contributed by atoms with E-state index in [0.29, 0.717) is 6.04 Å². The summed E-state index contributed by atoms with van der Waals surface area (Å²) in [6, 6.07) is 10.6. The average Bonchev–Trinajstić information content (AvgIpc) is 3.01. The highest BCUT2D eigenvalue weighted by molar-refractivity contribution is 6.07. The van der Waals surface area contributed by atoms with E-state index in [1.807, 2.05) is 20.0 Å². The molecule has 0 saturated carbocycles. The van der Waals surface area contributed by atoms with Gasteiger partial charge in [0.15, 0.2) is 5.65 Å². The van der Waals surface area contributed by atoms with E-state index in [1.54, 1.807) is 4.68 Å². The van der Waals surface area contributed by atoms with E-state index >= 15 is 0 Å². The number of benzene rings is 1. The molecule has 1 aliphatic rings. The summed E-state index contributed by atoms with van der Waals surface area (Å²) in [5.74, 6) is 0.114. The van der Waals surface area contributed by atoms with Crippen molar-refractivity contribution in [1.29, 1.82) is 0 Å². The quantitative estimate of drug-likeness (QED) is 0.668. The zero-order valence-corrected chi connectivity index (χ0v) is 17.2. The standard InChI is InChI=1S/C23H28N4O/c1-5-18-8-6-7-13-27(18)23(28)19-14-20(17-11-9-15(2)10-12-17)24-22-21(19)16(3)25-26(22)4/h9-12,14,18H,5-8,13H2,1-4H3/t18-/m0/s1. The molecule has 0 radical (unpaired) electrons. The summed E-state index contributed by atoms with van der Waals surface area (Å²) in [6.45, 7) is 7.03. The summed E-state index contributed by atoms with van der Waals surface area (Å²) in [5, 5.41) is 5.43. The lowest BCUT2D eigenvalue weighted by molar-refractivity contribution is 0.0610. The molecule has 3 heterocycles. The molecular formula is C23H28N4O. The Morgan fingerprint density at radius 1 is 1.18 bits per heavy atom. The summed E-state index contributed by atoms with van der Waals surface area (Å²) >= 11 is 0. The first-order chi connectivity index (χ1) is 13.5. The molecule has 0 unspecified atom stereocenters. The van der Waals surface area contributed by atoms with E-state index < -0.39 is 0 Å². The number of likely N-dealkylation sites (tertiary alicyclic amines) is 1. The van der Waals surface area contributed by atoms with Crippen molar-refractivity contribution < 1.29 is 4.79 Å². The summed E-state index contributed by atoms with van der Waals surface area (Å²) in [5.41, 5.74) is 5.40. The van der Waals surface area contributed by atoms with Gasteiger partial charge in [-0.25, -0.2) is 4.98 Å². The van der Waals surface area contributed by atoms with Crippen LogP contribution in [0.1, 0.15) is 54.2 Å². The van der Waals surface area contributed by atoms with E-state index in [4.69, 9.17) is 4.98 Å². The van der Waals surface area contributed by atoms with Gasteiger partial charge >= 0.3 is 0 Å². The second-order valence-electron chi connectivity index (χ2n) is 7.89. The first-order valence-electron chi connectivity index (χ1n) is 10.2. The normalized spacial score (nSPS) is 17.3. The zero-order valence-electron chi connectivity index (χ0n) is 17.2. The summed E-state index contributed by atoms with van der Waals surface area (Å²) in [7, 11) is 1.89. The maximum atomic E-state index is 13.6. The Labute approximate surface area is 166 Å². The second-order valence-corrected chi connectivity index (χ2v) is 7.89. The molecule has 1 atom stereocenters. The van der Waals surface area contributed by atoms with Gasteiger partial charge in [-0.2, -0.15) is 5.10 Å². The van der Waals surface area contributed by atoms with Crippen LogP contribution in [0.4, 0.5) is 0 Å². The number of rotatable bonds is 3. The number of aromatic nitrogens is 3. The van der Waals surface area contributed by atoms with Gasteiger partial charge in [0.1, 0.15) is 0 Å². The number of nitrogens with zero attached hydrogens (tertiary/aromatic N) is 4. The summed E-state index contributed by atoms with van der Waals surface area (Å²) in [6.07, 6.45) is 4.37. The van der Waals surface area contributed by atoms with Gasteiger partial charge in [0.05, 0.1) is 22.3 Å². The van der Waals surface area contributed by atoms with Crippen LogP contribution >= 0.6 is 0 Å². The Hall–Kier alpha value is -2.69. The third-order valence-corrected chi connectivity index (χ3v) is 5.91. The fourth-order valence-corrected chi connectivity index (χ4v) is 4.33. The van der Waals surface area contributed by atoms with Gasteiger partial charge in [0.25, 0.3) is 5.91 Å². The Bertz CT molecular complexity index is 1020. The molecule has 3 aromatic rings. The predicted molar refractivity (Wildman–Crippen MR) is 112 cm³/mol. The minimum absolute atomic E-state index is 0.114. The first kappa shape index (κ1) is 18.7. The van der Waals surface area contributed by atoms with Gasteiger partial charge in [-0.05, 0) is 45.6 Å². The average molecular weight is 377 g/mol. The largest absolute Gasteiger partial charge is 0.336 e. The fraction of sp³-hybridized carbons (Fsp3) is 0.435. The molecule has 4 rings (SSSR count). The maximum absolute atomic E-state index is 13.6. The highest BCUT2D eigenvalue weighted by Crippen LogP contribution is 2.30. The Morgan fingerprint density at radius 3 is 2.64 bits per heavy atom. The topological polar surface area (TPSA) is 51.0 Å². The van der Waals surface area contributed by atoms with Crippen molar-refractivity contribution in [3.8, 4) is 11.3 Å².